The molecule has 9 heteroatoms. The van der Waals surface area contributed by atoms with Crippen LogP contribution in [0.15, 0.2) is 60.8 Å². The lowest BCUT2D eigenvalue weighted by atomic mass is 9.88. The van der Waals surface area contributed by atoms with Gasteiger partial charge in [-0.1, -0.05) is 24.3 Å². The maximum Gasteiger partial charge on any atom is 0.411 e. The van der Waals surface area contributed by atoms with Crippen molar-refractivity contribution < 1.29 is 29.1 Å². The summed E-state index contributed by atoms with van der Waals surface area (Å²) >= 11 is 0. The van der Waals surface area contributed by atoms with E-state index in [1.54, 1.807) is 48.5 Å². The summed E-state index contributed by atoms with van der Waals surface area (Å²) in [5.74, 6) is -0.287. The van der Waals surface area contributed by atoms with Crippen LogP contribution in [0, 0.1) is 10.1 Å². The number of carbonyl (C=O) groups excluding carboxylic acids is 1. The average molecular weight is 398 g/mol. The molecule has 1 N–H and O–H groups in total. The third-order valence-corrected chi connectivity index (χ3v) is 4.57. The zero-order valence-corrected chi connectivity index (χ0v) is 15.4. The quantitative estimate of drug-likeness (QED) is 0.465. The Morgan fingerprint density at radius 3 is 2.48 bits per heavy atom. The first kappa shape index (κ1) is 19.9. The number of amides is 1. The van der Waals surface area contributed by atoms with Crippen LogP contribution in [0.4, 0.5) is 4.79 Å². The highest BCUT2D eigenvalue weighted by Gasteiger charge is 2.38. The van der Waals surface area contributed by atoms with Crippen LogP contribution in [0.25, 0.3) is 0 Å². The Bertz CT molecular complexity index is 956. The average Bonchev–Trinajstić information content (AvgIpc) is 2.73. The smallest absolute Gasteiger partial charge is 0.411 e. The minimum atomic E-state index is -1.25. The summed E-state index contributed by atoms with van der Waals surface area (Å²) in [5, 5.41) is 20.7. The molecule has 2 aromatic rings. The molecular weight excluding hydrogens is 380 g/mol. The molecule has 2 aromatic carbocycles. The van der Waals surface area contributed by atoms with Gasteiger partial charge in [0.15, 0.2) is 0 Å². The van der Waals surface area contributed by atoms with Crippen LogP contribution >= 0.6 is 0 Å². The van der Waals surface area contributed by atoms with Crippen molar-refractivity contribution in [1.82, 2.24) is 4.90 Å². The first-order valence-corrected chi connectivity index (χ1v) is 8.67. The molecule has 2 atom stereocenters. The zero-order chi connectivity index (χ0) is 21.0. The second kappa shape index (κ2) is 8.42. The number of carboxylic acid groups (broad SMARTS) is 1. The SMILES string of the molecule is COC(=O)c1ccc(Oc2ccccc2C2C=CN(C(=O)O)CC2[N+](=O)[O-])cc1. The highest BCUT2D eigenvalue weighted by molar-refractivity contribution is 5.89. The van der Waals surface area contributed by atoms with Crippen LogP contribution in [0.1, 0.15) is 21.8 Å². The molecule has 0 saturated carbocycles. The molecule has 0 fully saturated rings. The molecule has 0 aliphatic carbocycles. The van der Waals surface area contributed by atoms with Gasteiger partial charge >= 0.3 is 12.1 Å². The molecule has 0 aromatic heterocycles. The molecule has 150 valence electrons. The molecular formula is C20H18N2O7. The van der Waals surface area contributed by atoms with Crippen molar-refractivity contribution in [3.8, 4) is 11.5 Å². The van der Waals surface area contributed by atoms with Crippen molar-refractivity contribution >= 4 is 12.1 Å². The summed E-state index contributed by atoms with van der Waals surface area (Å²) in [5.41, 5.74) is 0.929. The number of ether oxygens (including phenoxy) is 2. The van der Waals surface area contributed by atoms with Gasteiger partial charge in [-0.15, -0.1) is 0 Å². The van der Waals surface area contributed by atoms with E-state index < -0.39 is 28.9 Å². The molecule has 1 heterocycles. The maximum atomic E-state index is 11.6. The van der Waals surface area contributed by atoms with Gasteiger partial charge in [0.05, 0.1) is 25.1 Å². The van der Waals surface area contributed by atoms with E-state index in [-0.39, 0.29) is 6.54 Å². The standard InChI is InChI=1S/C20H18N2O7/c1-28-19(23)13-6-8-14(9-7-13)29-18-5-3-2-4-16(18)15-10-11-21(20(24)25)12-17(15)22(26)27/h2-11,15,17H,12H2,1H3,(H,24,25). The highest BCUT2D eigenvalue weighted by Crippen LogP contribution is 2.36. The summed E-state index contributed by atoms with van der Waals surface area (Å²) in [6.45, 7) is -0.258. The third-order valence-electron chi connectivity index (χ3n) is 4.57. The van der Waals surface area contributed by atoms with Crippen LogP contribution in [0.3, 0.4) is 0 Å². The van der Waals surface area contributed by atoms with Gasteiger partial charge in [-0.3, -0.25) is 15.0 Å². The number of nitrogens with zero attached hydrogens (tertiary/aromatic N) is 2. The number of hydrogen-bond donors (Lipinski definition) is 1. The summed E-state index contributed by atoms with van der Waals surface area (Å²) in [7, 11) is 1.29. The van der Waals surface area contributed by atoms with E-state index in [4.69, 9.17) is 9.84 Å². The highest BCUT2D eigenvalue weighted by atomic mass is 16.6. The van der Waals surface area contributed by atoms with Crippen molar-refractivity contribution in [2.45, 2.75) is 12.0 Å². The van der Waals surface area contributed by atoms with Crippen molar-refractivity contribution in [2.75, 3.05) is 13.7 Å². The third kappa shape index (κ3) is 4.34. The Kier molecular flexibility index (Phi) is 5.77. The number of para-hydroxylation sites is 1. The van der Waals surface area contributed by atoms with Crippen LogP contribution in [0.5, 0.6) is 11.5 Å². The molecule has 3 rings (SSSR count). The second-order valence-corrected chi connectivity index (χ2v) is 6.31. The van der Waals surface area contributed by atoms with E-state index in [1.807, 2.05) is 0 Å². The van der Waals surface area contributed by atoms with E-state index in [9.17, 15) is 19.7 Å². The molecule has 9 nitrogen and oxygen atoms in total. The zero-order valence-electron chi connectivity index (χ0n) is 15.4. The Labute approximate surface area is 165 Å². The van der Waals surface area contributed by atoms with E-state index in [2.05, 4.69) is 4.74 Å². The van der Waals surface area contributed by atoms with Crippen LogP contribution < -0.4 is 4.74 Å². The monoisotopic (exact) mass is 398 g/mol. The molecule has 1 aliphatic rings. The van der Waals surface area contributed by atoms with Gasteiger partial charge in [0.25, 0.3) is 0 Å². The van der Waals surface area contributed by atoms with E-state index in [0.29, 0.717) is 22.6 Å². The molecule has 0 radical (unpaired) electrons. The topological polar surface area (TPSA) is 119 Å². The minimum Gasteiger partial charge on any atom is -0.465 e. The van der Waals surface area contributed by atoms with Crippen LogP contribution in [-0.2, 0) is 4.74 Å². The lowest BCUT2D eigenvalue weighted by Crippen LogP contribution is -2.43. The Balaban J connectivity index is 1.90. The first-order valence-electron chi connectivity index (χ1n) is 8.67. The summed E-state index contributed by atoms with van der Waals surface area (Å²) in [6, 6.07) is 12.0. The fourth-order valence-electron chi connectivity index (χ4n) is 3.10. The molecule has 1 amide bonds. The molecule has 0 saturated heterocycles. The first-order chi connectivity index (χ1) is 13.9. The number of hydrogen-bond acceptors (Lipinski definition) is 6. The maximum absolute atomic E-state index is 11.6. The number of nitro groups is 1. The van der Waals surface area contributed by atoms with Crippen molar-refractivity contribution in [3.05, 3.63) is 82.0 Å². The largest absolute Gasteiger partial charge is 0.465 e. The fourth-order valence-corrected chi connectivity index (χ4v) is 3.10. The number of methoxy groups -OCH3 is 1. The normalized spacial score (nSPS) is 18.2. The van der Waals surface area contributed by atoms with E-state index >= 15 is 0 Å². The Morgan fingerprint density at radius 1 is 1.17 bits per heavy atom. The van der Waals surface area contributed by atoms with Crippen molar-refractivity contribution in [2.24, 2.45) is 0 Å². The van der Waals surface area contributed by atoms with E-state index in [0.717, 1.165) is 4.90 Å². The van der Waals surface area contributed by atoms with Gasteiger partial charge in [-0.25, -0.2) is 9.59 Å². The number of benzene rings is 2. The lowest BCUT2D eigenvalue weighted by molar-refractivity contribution is -0.525. The van der Waals surface area contributed by atoms with Crippen molar-refractivity contribution in [1.29, 1.82) is 0 Å². The van der Waals surface area contributed by atoms with Crippen molar-refractivity contribution in [3.63, 3.8) is 0 Å². The summed E-state index contributed by atoms with van der Waals surface area (Å²) in [6.07, 6.45) is 1.57. The second-order valence-electron chi connectivity index (χ2n) is 6.31. The fraction of sp³-hybridized carbons (Fsp3) is 0.200. The van der Waals surface area contributed by atoms with Crippen LogP contribution in [0.2, 0.25) is 0 Å². The molecule has 1 aliphatic heterocycles. The lowest BCUT2D eigenvalue weighted by Gasteiger charge is -2.28. The van der Waals surface area contributed by atoms with Gasteiger partial charge in [0, 0.05) is 16.7 Å². The summed E-state index contributed by atoms with van der Waals surface area (Å²) < 4.78 is 10.6. The predicted molar refractivity (Wildman–Crippen MR) is 102 cm³/mol. The Hall–Kier alpha value is -3.88. The van der Waals surface area contributed by atoms with Gasteiger partial charge in [-0.05, 0) is 30.3 Å². The van der Waals surface area contributed by atoms with Crippen LogP contribution in [-0.4, -0.2) is 46.7 Å². The van der Waals surface area contributed by atoms with Gasteiger partial charge < -0.3 is 14.6 Å². The number of carbonyl (C=O) groups is 2. The molecule has 2 unspecified atom stereocenters. The van der Waals surface area contributed by atoms with Gasteiger partial charge in [0.2, 0.25) is 6.04 Å². The Morgan fingerprint density at radius 2 is 1.86 bits per heavy atom. The summed E-state index contributed by atoms with van der Waals surface area (Å²) in [4.78, 5) is 34.7. The molecule has 29 heavy (non-hydrogen) atoms. The van der Waals surface area contributed by atoms with Gasteiger partial charge in [0.1, 0.15) is 11.5 Å². The predicted octanol–water partition coefficient (Wildman–Crippen LogP) is 3.50. The van der Waals surface area contributed by atoms with E-state index in [1.165, 1.54) is 19.4 Å². The minimum absolute atomic E-state index is 0.258. The number of rotatable bonds is 5. The number of esters is 1. The molecule has 0 spiro atoms. The molecule has 0 bridgehead atoms. The van der Waals surface area contributed by atoms with Gasteiger partial charge in [-0.2, -0.15) is 0 Å².